The Morgan fingerprint density at radius 3 is 3.05 bits per heavy atom. The number of methoxy groups -OCH3 is 1. The van der Waals surface area contributed by atoms with Gasteiger partial charge in [0.2, 0.25) is 0 Å². The average molecular weight is 322 g/mol. The summed E-state index contributed by atoms with van der Waals surface area (Å²) in [5.74, 6) is 0.916. The highest BCUT2D eigenvalue weighted by Crippen LogP contribution is 2.39. The molecule has 0 saturated heterocycles. The van der Waals surface area contributed by atoms with Crippen LogP contribution in [-0.4, -0.2) is 38.4 Å². The maximum absolute atomic E-state index is 6.18. The first-order chi connectivity index (χ1) is 10.2. The van der Waals surface area contributed by atoms with Crippen LogP contribution in [0.15, 0.2) is 17.5 Å². The normalized spacial score (nSPS) is 13.1. The zero-order valence-corrected chi connectivity index (χ0v) is 13.9. The molecular formula is C15H18N2O2S2. The summed E-state index contributed by atoms with van der Waals surface area (Å²) in [6.07, 6.45) is -0.00503. The third kappa shape index (κ3) is 2.89. The molecule has 2 heterocycles. The van der Waals surface area contributed by atoms with E-state index in [4.69, 9.17) is 9.47 Å². The standard InChI is InChI=1S/C15H18N2O2S2/c1-9-17-14-13(21-9)6-12(11-4-5-20-15(11)14)19-10(7-16-2)8-18-3/h4-6,10,16H,7-8H2,1-3H3. The van der Waals surface area contributed by atoms with Gasteiger partial charge in [0.05, 0.1) is 26.5 Å². The Balaban J connectivity index is 2.05. The number of likely N-dealkylation sites (N-methyl/N-ethyl adjacent to an activating group) is 1. The fourth-order valence-electron chi connectivity index (χ4n) is 2.41. The molecule has 0 aliphatic rings. The van der Waals surface area contributed by atoms with E-state index in [1.165, 1.54) is 9.40 Å². The molecule has 0 aliphatic carbocycles. The summed E-state index contributed by atoms with van der Waals surface area (Å²) < 4.78 is 13.8. The van der Waals surface area contributed by atoms with Gasteiger partial charge < -0.3 is 14.8 Å². The van der Waals surface area contributed by atoms with Crippen LogP contribution in [0.5, 0.6) is 5.75 Å². The molecule has 4 nitrogen and oxygen atoms in total. The summed E-state index contributed by atoms with van der Waals surface area (Å²) >= 11 is 3.42. The van der Waals surface area contributed by atoms with Crippen LogP contribution in [0.4, 0.5) is 0 Å². The summed E-state index contributed by atoms with van der Waals surface area (Å²) in [5.41, 5.74) is 1.09. The second kappa shape index (κ2) is 6.27. The Hall–Kier alpha value is -1.21. The van der Waals surface area contributed by atoms with Crippen molar-refractivity contribution in [2.75, 3.05) is 27.3 Å². The molecule has 3 rings (SSSR count). The maximum atomic E-state index is 6.18. The van der Waals surface area contributed by atoms with Crippen LogP contribution in [-0.2, 0) is 4.74 Å². The lowest BCUT2D eigenvalue weighted by molar-refractivity contribution is 0.0830. The number of nitrogens with one attached hydrogen (secondary N) is 1. The largest absolute Gasteiger partial charge is 0.486 e. The lowest BCUT2D eigenvalue weighted by Crippen LogP contribution is -2.33. The van der Waals surface area contributed by atoms with Gasteiger partial charge in [-0.3, -0.25) is 0 Å². The zero-order valence-electron chi connectivity index (χ0n) is 12.3. The number of thiophene rings is 1. The molecule has 0 fully saturated rings. The Morgan fingerprint density at radius 2 is 2.29 bits per heavy atom. The van der Waals surface area contributed by atoms with Crippen molar-refractivity contribution in [3.05, 3.63) is 22.5 Å². The zero-order chi connectivity index (χ0) is 14.8. The molecule has 1 unspecified atom stereocenters. The number of hydrogen-bond donors (Lipinski definition) is 1. The topological polar surface area (TPSA) is 43.4 Å². The van der Waals surface area contributed by atoms with Gasteiger partial charge in [0.25, 0.3) is 0 Å². The van der Waals surface area contributed by atoms with Gasteiger partial charge in [-0.15, -0.1) is 22.7 Å². The number of benzene rings is 1. The van der Waals surface area contributed by atoms with E-state index in [1.807, 2.05) is 14.0 Å². The van der Waals surface area contributed by atoms with E-state index in [9.17, 15) is 0 Å². The minimum absolute atomic E-state index is 0.00503. The summed E-state index contributed by atoms with van der Waals surface area (Å²) in [6.45, 7) is 3.35. The van der Waals surface area contributed by atoms with E-state index in [-0.39, 0.29) is 6.10 Å². The van der Waals surface area contributed by atoms with Gasteiger partial charge in [-0.05, 0) is 25.4 Å². The minimum atomic E-state index is -0.00503. The molecular weight excluding hydrogens is 304 g/mol. The van der Waals surface area contributed by atoms with Crippen molar-refractivity contribution in [2.24, 2.45) is 0 Å². The van der Waals surface area contributed by atoms with Crippen molar-refractivity contribution in [2.45, 2.75) is 13.0 Å². The fraction of sp³-hybridized carbons (Fsp3) is 0.400. The van der Waals surface area contributed by atoms with Crippen LogP contribution >= 0.6 is 22.7 Å². The molecule has 112 valence electrons. The van der Waals surface area contributed by atoms with Gasteiger partial charge >= 0.3 is 0 Å². The molecule has 0 bridgehead atoms. The Morgan fingerprint density at radius 1 is 1.43 bits per heavy atom. The van der Waals surface area contributed by atoms with Gasteiger partial charge in [0, 0.05) is 25.1 Å². The van der Waals surface area contributed by atoms with Crippen molar-refractivity contribution in [3.8, 4) is 5.75 Å². The van der Waals surface area contributed by atoms with Gasteiger partial charge in [-0.1, -0.05) is 0 Å². The molecule has 3 aromatic rings. The Kier molecular flexibility index (Phi) is 4.40. The molecule has 1 atom stereocenters. The lowest BCUT2D eigenvalue weighted by Gasteiger charge is -2.18. The van der Waals surface area contributed by atoms with Crippen LogP contribution in [0.1, 0.15) is 5.01 Å². The van der Waals surface area contributed by atoms with Crippen molar-refractivity contribution < 1.29 is 9.47 Å². The van der Waals surface area contributed by atoms with Crippen molar-refractivity contribution in [3.63, 3.8) is 0 Å². The van der Waals surface area contributed by atoms with Crippen molar-refractivity contribution in [1.82, 2.24) is 10.3 Å². The van der Waals surface area contributed by atoms with Crippen LogP contribution in [0.25, 0.3) is 20.3 Å². The minimum Gasteiger partial charge on any atom is -0.486 e. The number of aryl methyl sites for hydroxylation is 1. The number of aromatic nitrogens is 1. The highest BCUT2D eigenvalue weighted by molar-refractivity contribution is 7.21. The number of hydrogen-bond acceptors (Lipinski definition) is 6. The summed E-state index contributed by atoms with van der Waals surface area (Å²) in [6, 6.07) is 4.21. The van der Waals surface area contributed by atoms with Crippen LogP contribution < -0.4 is 10.1 Å². The fourth-order valence-corrected chi connectivity index (χ4v) is 4.25. The molecule has 0 spiro atoms. The molecule has 0 radical (unpaired) electrons. The van der Waals surface area contributed by atoms with Crippen molar-refractivity contribution in [1.29, 1.82) is 0 Å². The summed E-state index contributed by atoms with van der Waals surface area (Å²) in [5, 5.41) is 7.45. The predicted octanol–water partition coefficient (Wildman–Crippen LogP) is 3.43. The smallest absolute Gasteiger partial charge is 0.134 e. The SMILES string of the molecule is CNCC(COC)Oc1cc2sc(C)nc2c2sccc12. The third-order valence-corrected chi connectivity index (χ3v) is 5.09. The number of thiazole rings is 1. The average Bonchev–Trinajstić information content (AvgIpc) is 3.04. The third-order valence-electron chi connectivity index (χ3n) is 3.25. The molecule has 2 aromatic heterocycles. The van der Waals surface area contributed by atoms with Crippen LogP contribution in [0.3, 0.4) is 0 Å². The summed E-state index contributed by atoms with van der Waals surface area (Å²) in [7, 11) is 3.61. The molecule has 21 heavy (non-hydrogen) atoms. The van der Waals surface area contributed by atoms with Crippen LogP contribution in [0, 0.1) is 6.92 Å². The van der Waals surface area contributed by atoms with Gasteiger partial charge in [-0.2, -0.15) is 0 Å². The molecule has 1 N–H and O–H groups in total. The van der Waals surface area contributed by atoms with Gasteiger partial charge in [-0.25, -0.2) is 4.98 Å². The lowest BCUT2D eigenvalue weighted by atomic mass is 10.2. The van der Waals surface area contributed by atoms with E-state index >= 15 is 0 Å². The number of fused-ring (bicyclic) bond motifs is 3. The second-order valence-electron chi connectivity index (χ2n) is 4.87. The first-order valence-electron chi connectivity index (χ1n) is 6.80. The Labute approximate surface area is 131 Å². The molecule has 0 saturated carbocycles. The number of nitrogens with zero attached hydrogens (tertiary/aromatic N) is 1. The maximum Gasteiger partial charge on any atom is 0.134 e. The quantitative estimate of drug-likeness (QED) is 0.755. The predicted molar refractivity (Wildman–Crippen MR) is 90.0 cm³/mol. The van der Waals surface area contributed by atoms with E-state index < -0.39 is 0 Å². The van der Waals surface area contributed by atoms with E-state index in [0.29, 0.717) is 6.61 Å². The van der Waals surface area contributed by atoms with Crippen molar-refractivity contribution >= 4 is 43.0 Å². The molecule has 0 amide bonds. The second-order valence-corrected chi connectivity index (χ2v) is 7.02. The molecule has 1 aromatic carbocycles. The number of ether oxygens (including phenoxy) is 2. The van der Waals surface area contributed by atoms with E-state index in [0.717, 1.165) is 28.2 Å². The number of rotatable bonds is 6. The Bertz CT molecular complexity index is 745. The first kappa shape index (κ1) is 14.7. The monoisotopic (exact) mass is 322 g/mol. The van der Waals surface area contributed by atoms with Crippen LogP contribution in [0.2, 0.25) is 0 Å². The van der Waals surface area contributed by atoms with Gasteiger partial charge in [0.15, 0.2) is 0 Å². The van der Waals surface area contributed by atoms with E-state index in [1.54, 1.807) is 29.8 Å². The van der Waals surface area contributed by atoms with Gasteiger partial charge in [0.1, 0.15) is 11.9 Å². The molecule has 0 aliphatic heterocycles. The summed E-state index contributed by atoms with van der Waals surface area (Å²) in [4.78, 5) is 4.64. The first-order valence-corrected chi connectivity index (χ1v) is 8.50. The van der Waals surface area contributed by atoms with E-state index in [2.05, 4.69) is 27.8 Å². The highest BCUT2D eigenvalue weighted by Gasteiger charge is 2.16. The highest BCUT2D eigenvalue weighted by atomic mass is 32.1. The molecule has 6 heteroatoms.